The first-order valence-electron chi connectivity index (χ1n) is 7.82. The molecule has 6 heteroatoms. The van der Waals surface area contributed by atoms with Gasteiger partial charge in [0.2, 0.25) is 0 Å². The molecule has 1 aromatic heterocycles. The number of anilines is 1. The van der Waals surface area contributed by atoms with E-state index in [1.54, 1.807) is 12.3 Å². The van der Waals surface area contributed by atoms with E-state index in [-0.39, 0.29) is 17.3 Å². The number of nitrogens with zero attached hydrogens (tertiary/aromatic N) is 1. The molecule has 0 saturated heterocycles. The molecular formula is C16H20BrN3O2. The van der Waals surface area contributed by atoms with Crippen molar-refractivity contribution in [1.82, 2.24) is 10.3 Å². The minimum atomic E-state index is -0.585. The van der Waals surface area contributed by atoms with Crippen LogP contribution >= 0.6 is 15.9 Å². The van der Waals surface area contributed by atoms with Crippen molar-refractivity contribution in [2.45, 2.75) is 49.7 Å². The van der Waals surface area contributed by atoms with Gasteiger partial charge in [0.05, 0.1) is 11.2 Å². The molecule has 4 fully saturated rings. The third-order valence-corrected chi connectivity index (χ3v) is 5.97. The number of halogens is 1. The number of nitrogen functional groups attached to an aromatic ring is 1. The summed E-state index contributed by atoms with van der Waals surface area (Å²) >= 11 is 3.33. The number of rotatable bonds is 2. The number of carbonyl (C=O) groups excluding carboxylic acids is 1. The zero-order valence-electron chi connectivity index (χ0n) is 12.3. The summed E-state index contributed by atoms with van der Waals surface area (Å²) in [5.74, 6) is 1.12. The number of nitrogens with one attached hydrogen (secondary N) is 1. The molecule has 1 aromatic rings. The van der Waals surface area contributed by atoms with Crippen molar-refractivity contribution >= 4 is 27.7 Å². The predicted molar refractivity (Wildman–Crippen MR) is 86.2 cm³/mol. The Kier molecular flexibility index (Phi) is 3.07. The maximum atomic E-state index is 12.7. The Balaban J connectivity index is 1.60. The average Bonchev–Trinajstić information content (AvgIpc) is 2.38. The van der Waals surface area contributed by atoms with Crippen molar-refractivity contribution in [1.29, 1.82) is 0 Å². The van der Waals surface area contributed by atoms with E-state index in [2.05, 4.69) is 26.2 Å². The van der Waals surface area contributed by atoms with Gasteiger partial charge in [0.15, 0.2) is 0 Å². The van der Waals surface area contributed by atoms with Gasteiger partial charge in [-0.25, -0.2) is 4.98 Å². The highest BCUT2D eigenvalue weighted by atomic mass is 79.9. The summed E-state index contributed by atoms with van der Waals surface area (Å²) in [6.07, 6.45) is 7.17. The number of hydrogen-bond acceptors (Lipinski definition) is 4. The highest BCUT2D eigenvalue weighted by molar-refractivity contribution is 9.10. The number of hydrogen-bond donors (Lipinski definition) is 3. The highest BCUT2D eigenvalue weighted by Gasteiger charge is 2.57. The van der Waals surface area contributed by atoms with Gasteiger partial charge in [-0.05, 0) is 72.4 Å². The van der Waals surface area contributed by atoms with Crippen molar-refractivity contribution in [3.8, 4) is 0 Å². The summed E-state index contributed by atoms with van der Waals surface area (Å²) in [6.45, 7) is 0. The molecule has 4 N–H and O–H groups in total. The van der Waals surface area contributed by atoms with Crippen LogP contribution in [0.2, 0.25) is 0 Å². The van der Waals surface area contributed by atoms with Crippen LogP contribution in [0, 0.1) is 11.8 Å². The normalized spacial score (nSPS) is 39.0. The first kappa shape index (κ1) is 14.5. The number of pyridine rings is 1. The SMILES string of the molecule is Nc1ncc(Br)cc1C(=O)N[C@]12CC3CC(C[C@@](O)(C3)C1)C2. The summed E-state index contributed by atoms with van der Waals surface area (Å²) in [7, 11) is 0. The average molecular weight is 366 g/mol. The monoisotopic (exact) mass is 365 g/mol. The maximum absolute atomic E-state index is 12.7. The Morgan fingerprint density at radius 1 is 1.36 bits per heavy atom. The number of carbonyl (C=O) groups is 1. The summed E-state index contributed by atoms with van der Waals surface area (Å²) in [6, 6.07) is 1.70. The molecule has 5 rings (SSSR count). The smallest absolute Gasteiger partial charge is 0.255 e. The van der Waals surface area contributed by atoms with Crippen LogP contribution in [0.15, 0.2) is 16.7 Å². The number of amides is 1. The second-order valence-corrected chi connectivity index (χ2v) is 8.42. The topological polar surface area (TPSA) is 88.2 Å². The van der Waals surface area contributed by atoms with Crippen LogP contribution in [0.4, 0.5) is 5.82 Å². The Bertz CT molecular complexity index is 634. The standard InChI is InChI=1S/C16H20BrN3O2/c17-11-2-12(13(18)19-7-11)14(21)20-15-3-9-1-10(4-15)6-16(22,5-9)8-15/h2,7,9-10,22H,1,3-6,8H2,(H2,18,19)(H,20,21)/t9?,10?,15-,16-. The third kappa shape index (κ3) is 2.33. The van der Waals surface area contributed by atoms with Crippen molar-refractivity contribution < 1.29 is 9.90 Å². The maximum Gasteiger partial charge on any atom is 0.255 e. The molecule has 0 spiro atoms. The van der Waals surface area contributed by atoms with Crippen LogP contribution < -0.4 is 11.1 Å². The molecule has 4 aliphatic carbocycles. The fourth-order valence-electron chi connectivity index (χ4n) is 5.30. The molecule has 0 aromatic carbocycles. The minimum absolute atomic E-state index is 0.183. The van der Waals surface area contributed by atoms with E-state index in [1.165, 1.54) is 6.42 Å². The molecule has 22 heavy (non-hydrogen) atoms. The summed E-state index contributed by atoms with van der Waals surface area (Å²) < 4.78 is 0.732. The Morgan fingerprint density at radius 2 is 2.05 bits per heavy atom. The molecule has 1 amide bonds. The molecule has 118 valence electrons. The van der Waals surface area contributed by atoms with Gasteiger partial charge in [0, 0.05) is 16.2 Å². The van der Waals surface area contributed by atoms with E-state index in [0.717, 1.165) is 30.2 Å². The van der Waals surface area contributed by atoms with Crippen molar-refractivity contribution in [2.75, 3.05) is 5.73 Å². The first-order valence-corrected chi connectivity index (χ1v) is 8.62. The zero-order valence-corrected chi connectivity index (χ0v) is 13.9. The molecule has 0 aliphatic heterocycles. The second-order valence-electron chi connectivity index (χ2n) is 7.51. The molecule has 4 bridgehead atoms. The van der Waals surface area contributed by atoms with E-state index >= 15 is 0 Å². The van der Waals surface area contributed by atoms with Gasteiger partial charge < -0.3 is 16.2 Å². The largest absolute Gasteiger partial charge is 0.390 e. The molecule has 4 saturated carbocycles. The lowest BCUT2D eigenvalue weighted by Gasteiger charge is -2.60. The number of nitrogens with two attached hydrogens (primary N) is 1. The summed E-state index contributed by atoms with van der Waals surface area (Å²) in [5, 5.41) is 13.9. The summed E-state index contributed by atoms with van der Waals surface area (Å²) in [4.78, 5) is 16.7. The van der Waals surface area contributed by atoms with Crippen LogP contribution in [0.3, 0.4) is 0 Å². The van der Waals surface area contributed by atoms with Gasteiger partial charge >= 0.3 is 0 Å². The minimum Gasteiger partial charge on any atom is -0.390 e. The zero-order chi connectivity index (χ0) is 15.5. The Labute approximate surface area is 137 Å². The van der Waals surface area contributed by atoms with Crippen molar-refractivity contribution in [3.63, 3.8) is 0 Å². The van der Waals surface area contributed by atoms with Gasteiger partial charge in [-0.15, -0.1) is 0 Å². The van der Waals surface area contributed by atoms with E-state index < -0.39 is 5.60 Å². The van der Waals surface area contributed by atoms with E-state index in [9.17, 15) is 9.90 Å². The third-order valence-electron chi connectivity index (χ3n) is 5.54. The fraction of sp³-hybridized carbons (Fsp3) is 0.625. The van der Waals surface area contributed by atoms with Gasteiger partial charge in [-0.3, -0.25) is 4.79 Å². The lowest BCUT2D eigenvalue weighted by Crippen LogP contribution is -2.65. The lowest BCUT2D eigenvalue weighted by atomic mass is 9.51. The van der Waals surface area contributed by atoms with Crippen LogP contribution in [0.25, 0.3) is 0 Å². The number of aromatic nitrogens is 1. The van der Waals surface area contributed by atoms with Crippen LogP contribution in [0.5, 0.6) is 0 Å². The van der Waals surface area contributed by atoms with Crippen molar-refractivity contribution in [2.24, 2.45) is 11.8 Å². The Morgan fingerprint density at radius 3 is 2.68 bits per heavy atom. The van der Waals surface area contributed by atoms with Crippen molar-refractivity contribution in [3.05, 3.63) is 22.3 Å². The summed E-state index contributed by atoms with van der Waals surface area (Å²) in [5.41, 5.74) is 5.38. The van der Waals surface area contributed by atoms with E-state index in [0.29, 0.717) is 23.8 Å². The van der Waals surface area contributed by atoms with Crippen LogP contribution in [-0.2, 0) is 0 Å². The van der Waals surface area contributed by atoms with Gasteiger partial charge in [-0.1, -0.05) is 0 Å². The second kappa shape index (κ2) is 4.68. The van der Waals surface area contributed by atoms with Gasteiger partial charge in [0.25, 0.3) is 5.91 Å². The molecule has 2 unspecified atom stereocenters. The molecule has 1 heterocycles. The molecule has 5 nitrogen and oxygen atoms in total. The first-order chi connectivity index (χ1) is 10.4. The fourth-order valence-corrected chi connectivity index (χ4v) is 5.63. The molecule has 4 aliphatic rings. The molecule has 0 radical (unpaired) electrons. The molecule has 2 atom stereocenters. The quantitative estimate of drug-likeness (QED) is 0.749. The molecular weight excluding hydrogens is 346 g/mol. The highest BCUT2D eigenvalue weighted by Crippen LogP contribution is 2.57. The van der Waals surface area contributed by atoms with E-state index in [4.69, 9.17) is 5.73 Å². The predicted octanol–water partition coefficient (Wildman–Crippen LogP) is 2.24. The number of aliphatic hydroxyl groups is 1. The van der Waals surface area contributed by atoms with Crippen LogP contribution in [-0.4, -0.2) is 27.1 Å². The lowest BCUT2D eigenvalue weighted by molar-refractivity contribution is -0.139. The van der Waals surface area contributed by atoms with Gasteiger partial charge in [0.1, 0.15) is 5.82 Å². The van der Waals surface area contributed by atoms with Gasteiger partial charge in [-0.2, -0.15) is 0 Å². The Hall–Kier alpha value is -1.14. The van der Waals surface area contributed by atoms with E-state index in [1.807, 2.05) is 0 Å². The van der Waals surface area contributed by atoms with Crippen LogP contribution in [0.1, 0.15) is 48.9 Å².